The molecule has 3 unspecified atom stereocenters. The lowest BCUT2D eigenvalue weighted by atomic mass is 9.82. The molecular formula is C17H32N2O2. The Morgan fingerprint density at radius 3 is 2.67 bits per heavy atom. The Bertz CT molecular complexity index is 325. The minimum absolute atomic E-state index is 0.103. The second kappa shape index (κ2) is 6.95. The third kappa shape index (κ3) is 3.29. The Kier molecular flexibility index (Phi) is 5.20. The van der Waals surface area contributed by atoms with Gasteiger partial charge in [-0.3, -0.25) is 4.90 Å². The SMILES string of the molecule is CCN(C1CCOC2(CCOCC2)C1)C1CCCC1CN. The zero-order valence-corrected chi connectivity index (χ0v) is 13.6. The summed E-state index contributed by atoms with van der Waals surface area (Å²) in [6.07, 6.45) is 8.54. The molecule has 2 saturated heterocycles. The van der Waals surface area contributed by atoms with E-state index in [0.717, 1.165) is 45.8 Å². The van der Waals surface area contributed by atoms with Crippen molar-refractivity contribution in [2.24, 2.45) is 11.7 Å². The average molecular weight is 296 g/mol. The van der Waals surface area contributed by atoms with Gasteiger partial charge >= 0.3 is 0 Å². The average Bonchev–Trinajstić information content (AvgIpc) is 2.97. The lowest BCUT2D eigenvalue weighted by Gasteiger charge is -2.48. The second-order valence-electron chi connectivity index (χ2n) is 7.11. The first-order valence-electron chi connectivity index (χ1n) is 8.95. The number of nitrogens with zero attached hydrogens (tertiary/aromatic N) is 1. The molecule has 0 aromatic carbocycles. The van der Waals surface area contributed by atoms with Gasteiger partial charge in [0.1, 0.15) is 0 Å². The van der Waals surface area contributed by atoms with Crippen LogP contribution in [0.15, 0.2) is 0 Å². The van der Waals surface area contributed by atoms with E-state index in [-0.39, 0.29) is 5.60 Å². The van der Waals surface area contributed by atoms with Crippen molar-refractivity contribution in [1.82, 2.24) is 4.90 Å². The molecule has 3 atom stereocenters. The van der Waals surface area contributed by atoms with Crippen molar-refractivity contribution in [2.45, 2.75) is 69.6 Å². The molecule has 1 aliphatic carbocycles. The summed E-state index contributed by atoms with van der Waals surface area (Å²) in [5.41, 5.74) is 6.12. The summed E-state index contributed by atoms with van der Waals surface area (Å²) in [6, 6.07) is 1.39. The fraction of sp³-hybridized carbons (Fsp3) is 1.00. The maximum Gasteiger partial charge on any atom is 0.0741 e. The van der Waals surface area contributed by atoms with Gasteiger partial charge in [0, 0.05) is 31.9 Å². The van der Waals surface area contributed by atoms with Gasteiger partial charge in [0.2, 0.25) is 0 Å². The van der Waals surface area contributed by atoms with Gasteiger partial charge in [-0.15, -0.1) is 0 Å². The van der Waals surface area contributed by atoms with Crippen LogP contribution in [-0.2, 0) is 9.47 Å². The van der Waals surface area contributed by atoms with E-state index in [1.165, 1.54) is 32.1 Å². The fourth-order valence-corrected chi connectivity index (χ4v) is 4.87. The highest BCUT2D eigenvalue weighted by Gasteiger charge is 2.43. The molecule has 2 N–H and O–H groups in total. The maximum absolute atomic E-state index is 6.22. The predicted molar refractivity (Wildman–Crippen MR) is 84.3 cm³/mol. The molecule has 2 heterocycles. The Balaban J connectivity index is 1.68. The normalized spacial score (nSPS) is 36.4. The van der Waals surface area contributed by atoms with Gasteiger partial charge < -0.3 is 15.2 Å². The molecule has 2 aliphatic heterocycles. The molecule has 3 fully saturated rings. The quantitative estimate of drug-likeness (QED) is 0.863. The Morgan fingerprint density at radius 1 is 1.14 bits per heavy atom. The first-order chi connectivity index (χ1) is 10.3. The minimum Gasteiger partial charge on any atom is -0.381 e. The van der Waals surface area contributed by atoms with Gasteiger partial charge in [-0.2, -0.15) is 0 Å². The molecule has 0 aromatic heterocycles. The van der Waals surface area contributed by atoms with Crippen LogP contribution in [0, 0.1) is 5.92 Å². The lowest BCUT2D eigenvalue weighted by molar-refractivity contribution is -0.154. The van der Waals surface area contributed by atoms with Crippen LogP contribution < -0.4 is 5.73 Å². The minimum atomic E-state index is 0.103. The summed E-state index contributed by atoms with van der Waals surface area (Å²) in [4.78, 5) is 2.77. The van der Waals surface area contributed by atoms with E-state index in [0.29, 0.717) is 18.0 Å². The highest BCUT2D eigenvalue weighted by Crippen LogP contribution is 2.39. The summed E-state index contributed by atoms with van der Waals surface area (Å²) >= 11 is 0. The van der Waals surface area contributed by atoms with Crippen molar-refractivity contribution in [3.63, 3.8) is 0 Å². The second-order valence-corrected chi connectivity index (χ2v) is 7.11. The highest BCUT2D eigenvalue weighted by atomic mass is 16.5. The zero-order chi connectivity index (χ0) is 14.7. The molecule has 3 aliphatic rings. The van der Waals surface area contributed by atoms with Crippen molar-refractivity contribution >= 4 is 0 Å². The van der Waals surface area contributed by atoms with Crippen molar-refractivity contribution in [3.05, 3.63) is 0 Å². The van der Waals surface area contributed by atoms with Gasteiger partial charge in [-0.25, -0.2) is 0 Å². The molecule has 4 nitrogen and oxygen atoms in total. The van der Waals surface area contributed by atoms with E-state index in [9.17, 15) is 0 Å². The molecule has 4 heteroatoms. The molecule has 1 spiro atoms. The largest absolute Gasteiger partial charge is 0.381 e. The summed E-state index contributed by atoms with van der Waals surface area (Å²) < 4.78 is 11.8. The summed E-state index contributed by atoms with van der Waals surface area (Å²) in [7, 11) is 0. The van der Waals surface area contributed by atoms with Crippen molar-refractivity contribution in [2.75, 3.05) is 32.9 Å². The third-order valence-electron chi connectivity index (χ3n) is 6.05. The molecule has 0 amide bonds. The number of nitrogens with two attached hydrogens (primary N) is 1. The zero-order valence-electron chi connectivity index (χ0n) is 13.6. The van der Waals surface area contributed by atoms with Gasteiger partial charge in [0.15, 0.2) is 0 Å². The molecular weight excluding hydrogens is 264 g/mol. The Morgan fingerprint density at radius 2 is 1.95 bits per heavy atom. The van der Waals surface area contributed by atoms with Crippen molar-refractivity contribution in [3.8, 4) is 0 Å². The Labute approximate surface area is 129 Å². The van der Waals surface area contributed by atoms with Crippen LogP contribution in [0.1, 0.15) is 51.9 Å². The van der Waals surface area contributed by atoms with Crippen LogP contribution in [-0.4, -0.2) is 55.5 Å². The van der Waals surface area contributed by atoms with E-state index in [4.69, 9.17) is 15.2 Å². The van der Waals surface area contributed by atoms with Crippen molar-refractivity contribution < 1.29 is 9.47 Å². The number of hydrogen-bond acceptors (Lipinski definition) is 4. The van der Waals surface area contributed by atoms with E-state index in [1.807, 2.05) is 0 Å². The van der Waals surface area contributed by atoms with Gasteiger partial charge in [0.25, 0.3) is 0 Å². The molecule has 1 saturated carbocycles. The van der Waals surface area contributed by atoms with E-state index < -0.39 is 0 Å². The number of rotatable bonds is 4. The van der Waals surface area contributed by atoms with Crippen LogP contribution in [0.25, 0.3) is 0 Å². The lowest BCUT2D eigenvalue weighted by Crippen LogP contribution is -2.54. The third-order valence-corrected chi connectivity index (χ3v) is 6.05. The highest BCUT2D eigenvalue weighted by molar-refractivity contribution is 4.96. The van der Waals surface area contributed by atoms with Crippen LogP contribution in [0.2, 0.25) is 0 Å². The summed E-state index contributed by atoms with van der Waals surface area (Å²) in [5, 5.41) is 0. The fourth-order valence-electron chi connectivity index (χ4n) is 4.87. The first kappa shape index (κ1) is 15.7. The molecule has 3 rings (SSSR count). The monoisotopic (exact) mass is 296 g/mol. The van der Waals surface area contributed by atoms with Crippen LogP contribution >= 0.6 is 0 Å². The van der Waals surface area contributed by atoms with Gasteiger partial charge in [0.05, 0.1) is 5.60 Å². The van der Waals surface area contributed by atoms with Crippen molar-refractivity contribution in [1.29, 1.82) is 0 Å². The van der Waals surface area contributed by atoms with Gasteiger partial charge in [-0.05, 0) is 57.5 Å². The summed E-state index contributed by atoms with van der Waals surface area (Å²) in [5.74, 6) is 0.707. The topological polar surface area (TPSA) is 47.7 Å². The van der Waals surface area contributed by atoms with Crippen LogP contribution in [0.4, 0.5) is 0 Å². The molecule has 0 bridgehead atoms. The van der Waals surface area contributed by atoms with E-state index in [1.54, 1.807) is 0 Å². The van der Waals surface area contributed by atoms with E-state index >= 15 is 0 Å². The molecule has 21 heavy (non-hydrogen) atoms. The van der Waals surface area contributed by atoms with E-state index in [2.05, 4.69) is 11.8 Å². The molecule has 0 aromatic rings. The maximum atomic E-state index is 6.22. The Hall–Kier alpha value is -0.160. The summed E-state index contributed by atoms with van der Waals surface area (Å²) in [6.45, 7) is 6.97. The van der Waals surface area contributed by atoms with Gasteiger partial charge in [-0.1, -0.05) is 13.3 Å². The smallest absolute Gasteiger partial charge is 0.0741 e. The standard InChI is InChI=1S/C17H32N2O2/c1-2-19(16-5-3-4-14(16)13-18)15-6-9-21-17(12-15)7-10-20-11-8-17/h14-16H,2-13,18H2,1H3. The number of hydrogen-bond donors (Lipinski definition) is 1. The number of ether oxygens (including phenoxy) is 2. The van der Waals surface area contributed by atoms with Crippen LogP contribution in [0.5, 0.6) is 0 Å². The first-order valence-corrected chi connectivity index (χ1v) is 8.95. The predicted octanol–water partition coefficient (Wildman–Crippen LogP) is 2.16. The molecule has 122 valence electrons. The molecule has 0 radical (unpaired) electrons. The van der Waals surface area contributed by atoms with Crippen LogP contribution in [0.3, 0.4) is 0 Å².